The second-order valence-corrected chi connectivity index (χ2v) is 3.19. The molecular weight excluding hydrogens is 198 g/mol. The fourth-order valence-corrected chi connectivity index (χ4v) is 1.47. The van der Waals surface area contributed by atoms with Gasteiger partial charge in [-0.3, -0.25) is 4.79 Å². The van der Waals surface area contributed by atoms with E-state index >= 15 is 0 Å². The van der Waals surface area contributed by atoms with E-state index in [4.69, 9.17) is 15.2 Å². The molecule has 0 aliphatic carbocycles. The van der Waals surface area contributed by atoms with Gasteiger partial charge in [-0.15, -0.1) is 0 Å². The highest BCUT2D eigenvalue weighted by Crippen LogP contribution is 2.39. The summed E-state index contributed by atoms with van der Waals surface area (Å²) in [4.78, 5) is 11.6. The van der Waals surface area contributed by atoms with Gasteiger partial charge in [-0.2, -0.15) is 0 Å². The molecule has 0 radical (unpaired) electrons. The topological polar surface area (TPSA) is 81.8 Å². The number of nitrogens with two attached hydrogens (primary N) is 1. The van der Waals surface area contributed by atoms with E-state index < -0.39 is 0 Å². The third-order valence-electron chi connectivity index (χ3n) is 2.13. The first-order valence-electron chi connectivity index (χ1n) is 4.58. The first-order valence-corrected chi connectivity index (χ1v) is 4.58. The number of hydrogen-bond donors (Lipinski definition) is 2. The van der Waals surface area contributed by atoms with E-state index in [0.29, 0.717) is 17.1 Å². The van der Waals surface area contributed by atoms with E-state index in [9.17, 15) is 9.90 Å². The van der Waals surface area contributed by atoms with Crippen molar-refractivity contribution in [3.8, 4) is 17.2 Å². The Balaban J connectivity index is 2.42. The third kappa shape index (κ3) is 1.73. The molecule has 0 saturated heterocycles. The monoisotopic (exact) mass is 209 g/mol. The molecule has 0 atom stereocenters. The number of phenols is 1. The molecule has 0 amide bonds. The van der Waals surface area contributed by atoms with Crippen LogP contribution in [0.2, 0.25) is 0 Å². The molecule has 0 unspecified atom stereocenters. The smallest absolute Gasteiger partial charge is 0.231 e. The Morgan fingerprint density at radius 1 is 1.47 bits per heavy atom. The van der Waals surface area contributed by atoms with Crippen LogP contribution < -0.4 is 15.2 Å². The molecule has 0 saturated carbocycles. The Kier molecular flexibility index (Phi) is 2.47. The van der Waals surface area contributed by atoms with Gasteiger partial charge in [0.2, 0.25) is 6.79 Å². The van der Waals surface area contributed by atoms with Crippen molar-refractivity contribution < 1.29 is 19.4 Å². The highest BCUT2D eigenvalue weighted by molar-refractivity contribution is 6.00. The Labute approximate surface area is 86.4 Å². The maximum Gasteiger partial charge on any atom is 0.231 e. The molecule has 0 spiro atoms. The van der Waals surface area contributed by atoms with Gasteiger partial charge >= 0.3 is 0 Å². The van der Waals surface area contributed by atoms with Gasteiger partial charge in [0.05, 0.1) is 5.56 Å². The van der Waals surface area contributed by atoms with Crippen LogP contribution >= 0.6 is 0 Å². The van der Waals surface area contributed by atoms with E-state index in [2.05, 4.69) is 0 Å². The minimum absolute atomic E-state index is 0.0142. The van der Waals surface area contributed by atoms with Crippen molar-refractivity contribution in [1.82, 2.24) is 0 Å². The lowest BCUT2D eigenvalue weighted by Crippen LogP contribution is -2.08. The SMILES string of the molecule is NCCC(=O)c1cc(O)cc2c1OCO2. The number of hydrogen-bond acceptors (Lipinski definition) is 5. The van der Waals surface area contributed by atoms with Crippen LogP contribution in [0.1, 0.15) is 16.8 Å². The number of carbonyl (C=O) groups excluding carboxylic acids is 1. The fourth-order valence-electron chi connectivity index (χ4n) is 1.47. The molecule has 5 heteroatoms. The van der Waals surface area contributed by atoms with Crippen LogP contribution in [0.3, 0.4) is 0 Å². The Bertz CT molecular complexity index is 403. The number of Topliss-reactive ketones (excluding diaryl/α,β-unsaturated/α-hetero) is 1. The largest absolute Gasteiger partial charge is 0.508 e. The van der Waals surface area contributed by atoms with E-state index in [-0.39, 0.29) is 31.3 Å². The number of fused-ring (bicyclic) bond motifs is 1. The number of carbonyl (C=O) groups is 1. The van der Waals surface area contributed by atoms with Gasteiger partial charge in [-0.25, -0.2) is 0 Å². The molecule has 1 aliphatic heterocycles. The quantitative estimate of drug-likeness (QED) is 0.714. The van der Waals surface area contributed by atoms with Crippen molar-refractivity contribution in [3.63, 3.8) is 0 Å². The standard InChI is InChI=1S/C10H11NO4/c11-2-1-8(13)7-3-6(12)4-9-10(7)15-5-14-9/h3-4,12H,1-2,5,11H2. The lowest BCUT2D eigenvalue weighted by atomic mass is 10.1. The summed E-state index contributed by atoms with van der Waals surface area (Å²) in [7, 11) is 0. The summed E-state index contributed by atoms with van der Waals surface area (Å²) in [6, 6.07) is 2.78. The summed E-state index contributed by atoms with van der Waals surface area (Å²) in [5, 5.41) is 9.38. The molecule has 0 bridgehead atoms. The summed E-state index contributed by atoms with van der Waals surface area (Å²) >= 11 is 0. The number of ether oxygens (including phenoxy) is 2. The zero-order valence-electron chi connectivity index (χ0n) is 8.03. The number of ketones is 1. The lowest BCUT2D eigenvalue weighted by molar-refractivity contribution is 0.0980. The predicted octanol–water partition coefficient (Wildman–Crippen LogP) is 0.652. The summed E-state index contributed by atoms with van der Waals surface area (Å²) in [5.74, 6) is 0.622. The van der Waals surface area contributed by atoms with Gasteiger partial charge < -0.3 is 20.3 Å². The van der Waals surface area contributed by atoms with Crippen molar-refractivity contribution in [2.75, 3.05) is 13.3 Å². The zero-order chi connectivity index (χ0) is 10.8. The van der Waals surface area contributed by atoms with Crippen LogP contribution in [-0.4, -0.2) is 24.2 Å². The minimum atomic E-state index is -0.157. The average molecular weight is 209 g/mol. The molecule has 1 aromatic rings. The highest BCUT2D eigenvalue weighted by atomic mass is 16.7. The number of aromatic hydroxyl groups is 1. The zero-order valence-corrected chi connectivity index (χ0v) is 8.03. The maximum absolute atomic E-state index is 11.6. The second kappa shape index (κ2) is 3.78. The van der Waals surface area contributed by atoms with Crippen molar-refractivity contribution in [2.24, 2.45) is 5.73 Å². The second-order valence-electron chi connectivity index (χ2n) is 3.19. The van der Waals surface area contributed by atoms with Crippen LogP contribution in [0.5, 0.6) is 17.2 Å². The molecule has 15 heavy (non-hydrogen) atoms. The maximum atomic E-state index is 11.6. The summed E-state index contributed by atoms with van der Waals surface area (Å²) in [6.45, 7) is 0.339. The summed E-state index contributed by atoms with van der Waals surface area (Å²) in [6.07, 6.45) is 0.221. The van der Waals surface area contributed by atoms with Gasteiger partial charge in [0.25, 0.3) is 0 Å². The van der Waals surface area contributed by atoms with Crippen molar-refractivity contribution in [3.05, 3.63) is 17.7 Å². The van der Waals surface area contributed by atoms with Crippen LogP contribution in [0.15, 0.2) is 12.1 Å². The van der Waals surface area contributed by atoms with Gasteiger partial charge in [-0.05, 0) is 12.6 Å². The van der Waals surface area contributed by atoms with Crippen LogP contribution in [-0.2, 0) is 0 Å². The van der Waals surface area contributed by atoms with Crippen molar-refractivity contribution in [2.45, 2.75) is 6.42 Å². The van der Waals surface area contributed by atoms with Crippen molar-refractivity contribution in [1.29, 1.82) is 0 Å². The summed E-state index contributed by atoms with van der Waals surface area (Å²) < 4.78 is 10.2. The van der Waals surface area contributed by atoms with Crippen molar-refractivity contribution >= 4 is 5.78 Å². The molecule has 1 aromatic carbocycles. The normalized spacial score (nSPS) is 12.9. The van der Waals surface area contributed by atoms with Gasteiger partial charge in [0.1, 0.15) is 5.75 Å². The predicted molar refractivity (Wildman–Crippen MR) is 52.2 cm³/mol. The fraction of sp³-hybridized carbons (Fsp3) is 0.300. The highest BCUT2D eigenvalue weighted by Gasteiger charge is 2.22. The molecule has 2 rings (SSSR count). The van der Waals surface area contributed by atoms with Gasteiger partial charge in [0, 0.05) is 12.5 Å². The first-order chi connectivity index (χ1) is 7.22. The Morgan fingerprint density at radius 3 is 3.00 bits per heavy atom. The molecule has 5 nitrogen and oxygen atoms in total. The number of rotatable bonds is 3. The molecule has 0 fully saturated rings. The molecule has 1 heterocycles. The Hall–Kier alpha value is -1.75. The minimum Gasteiger partial charge on any atom is -0.508 e. The molecule has 80 valence electrons. The van der Waals surface area contributed by atoms with E-state index in [1.54, 1.807) is 0 Å². The van der Waals surface area contributed by atoms with Gasteiger partial charge in [-0.1, -0.05) is 0 Å². The Morgan fingerprint density at radius 2 is 2.27 bits per heavy atom. The molecular formula is C10H11NO4. The van der Waals surface area contributed by atoms with E-state index in [0.717, 1.165) is 0 Å². The lowest BCUT2D eigenvalue weighted by Gasteiger charge is -2.04. The van der Waals surface area contributed by atoms with Gasteiger partial charge in [0.15, 0.2) is 17.3 Å². The number of benzene rings is 1. The molecule has 0 aromatic heterocycles. The summed E-state index contributed by atoms with van der Waals surface area (Å²) in [5.41, 5.74) is 5.62. The third-order valence-corrected chi connectivity index (χ3v) is 2.13. The van der Waals surface area contributed by atoms with E-state index in [1.807, 2.05) is 0 Å². The average Bonchev–Trinajstić information content (AvgIpc) is 2.64. The van der Waals surface area contributed by atoms with E-state index in [1.165, 1.54) is 12.1 Å². The number of phenolic OH excluding ortho intramolecular Hbond substituents is 1. The van der Waals surface area contributed by atoms with Crippen LogP contribution in [0, 0.1) is 0 Å². The van der Waals surface area contributed by atoms with Crippen LogP contribution in [0.25, 0.3) is 0 Å². The first kappa shape index (κ1) is 9.79. The van der Waals surface area contributed by atoms with Crippen LogP contribution in [0.4, 0.5) is 0 Å². The molecule has 1 aliphatic rings. The molecule has 3 N–H and O–H groups in total.